The van der Waals surface area contributed by atoms with Crippen LogP contribution in [0.15, 0.2) is 22.7 Å². The number of fused-ring (bicyclic) bond motifs is 1. The van der Waals surface area contributed by atoms with E-state index in [9.17, 15) is 13.6 Å². The number of benzene rings is 1. The zero-order chi connectivity index (χ0) is 12.5. The van der Waals surface area contributed by atoms with Crippen molar-refractivity contribution in [3.63, 3.8) is 0 Å². The van der Waals surface area contributed by atoms with E-state index < -0.39 is 5.92 Å². The highest BCUT2D eigenvalue weighted by Gasteiger charge is 2.30. The molecule has 2 nitrogen and oxygen atoms in total. The molecule has 0 fully saturated rings. The van der Waals surface area contributed by atoms with E-state index in [2.05, 4.69) is 21.2 Å². The molecule has 92 valence electrons. The largest absolute Gasteiger partial charge is 0.326 e. The smallest absolute Gasteiger partial charge is 0.249 e. The Kier molecular flexibility index (Phi) is 3.47. The van der Waals surface area contributed by atoms with E-state index >= 15 is 0 Å². The molecule has 0 unspecified atom stereocenters. The highest BCUT2D eigenvalue weighted by atomic mass is 79.9. The number of hydrogen-bond donors (Lipinski definition) is 1. The zero-order valence-electron chi connectivity index (χ0n) is 9.10. The third-order valence-corrected chi connectivity index (χ3v) is 3.31. The lowest BCUT2D eigenvalue weighted by Gasteiger charge is -2.14. The predicted octanol–water partition coefficient (Wildman–Crippen LogP) is 3.75. The standard InChI is InChI=1S/C12H12BrF2NO/c13-9-1-2-10-8(7-9)3-5-12(14,15)6-4-11(17)16-10/h1-2,7H,3-6H2,(H,16,17). The number of hydrogen-bond acceptors (Lipinski definition) is 1. The second-order valence-corrected chi connectivity index (χ2v) is 5.12. The van der Waals surface area contributed by atoms with Gasteiger partial charge in [0, 0.05) is 29.4 Å². The monoisotopic (exact) mass is 303 g/mol. The molecule has 17 heavy (non-hydrogen) atoms. The fourth-order valence-corrected chi connectivity index (χ4v) is 2.25. The van der Waals surface area contributed by atoms with Crippen molar-refractivity contribution < 1.29 is 13.6 Å². The Morgan fingerprint density at radius 1 is 1.24 bits per heavy atom. The number of alkyl halides is 2. The summed E-state index contributed by atoms with van der Waals surface area (Å²) >= 11 is 3.30. The molecule has 0 radical (unpaired) electrons. The number of carbonyl (C=O) groups is 1. The van der Waals surface area contributed by atoms with Crippen molar-refractivity contribution in [2.24, 2.45) is 0 Å². The van der Waals surface area contributed by atoms with E-state index in [0.717, 1.165) is 10.0 Å². The van der Waals surface area contributed by atoms with Gasteiger partial charge in [0.1, 0.15) is 0 Å². The topological polar surface area (TPSA) is 29.1 Å². The second kappa shape index (κ2) is 4.72. The molecule has 0 atom stereocenters. The normalized spacial score (nSPS) is 19.6. The number of carbonyl (C=O) groups excluding carboxylic acids is 1. The van der Waals surface area contributed by atoms with E-state index in [1.165, 1.54) is 0 Å². The number of nitrogens with one attached hydrogen (secondary N) is 1. The molecule has 2 rings (SSSR count). The van der Waals surface area contributed by atoms with Gasteiger partial charge in [-0.3, -0.25) is 4.79 Å². The minimum Gasteiger partial charge on any atom is -0.326 e. The molecular weight excluding hydrogens is 292 g/mol. The predicted molar refractivity (Wildman–Crippen MR) is 65.3 cm³/mol. The van der Waals surface area contributed by atoms with Gasteiger partial charge in [-0.1, -0.05) is 15.9 Å². The summed E-state index contributed by atoms with van der Waals surface area (Å²) < 4.78 is 27.6. The Bertz CT molecular complexity index is 448. The van der Waals surface area contributed by atoms with Crippen LogP contribution in [0.1, 0.15) is 24.8 Å². The fraction of sp³-hybridized carbons (Fsp3) is 0.417. The maximum atomic E-state index is 13.4. The van der Waals surface area contributed by atoms with Crippen molar-refractivity contribution in [1.29, 1.82) is 0 Å². The van der Waals surface area contributed by atoms with Gasteiger partial charge in [-0.25, -0.2) is 8.78 Å². The van der Waals surface area contributed by atoms with Gasteiger partial charge in [-0.15, -0.1) is 0 Å². The molecule has 0 aliphatic carbocycles. The maximum absolute atomic E-state index is 13.4. The number of amides is 1. The van der Waals surface area contributed by atoms with Gasteiger partial charge in [-0.05, 0) is 30.2 Å². The lowest BCUT2D eigenvalue weighted by molar-refractivity contribution is -0.118. The molecule has 1 amide bonds. The average molecular weight is 304 g/mol. The SMILES string of the molecule is O=C1CCC(F)(F)CCc2cc(Br)ccc2N1. The van der Waals surface area contributed by atoms with Crippen molar-refractivity contribution >= 4 is 27.5 Å². The molecule has 1 aromatic rings. The van der Waals surface area contributed by atoms with Gasteiger partial charge in [0.25, 0.3) is 0 Å². The highest BCUT2D eigenvalue weighted by molar-refractivity contribution is 9.10. The lowest BCUT2D eigenvalue weighted by Crippen LogP contribution is -2.19. The maximum Gasteiger partial charge on any atom is 0.249 e. The minimum absolute atomic E-state index is 0.136. The molecule has 1 aliphatic heterocycles. The number of rotatable bonds is 0. The summed E-state index contributed by atoms with van der Waals surface area (Å²) in [5, 5.41) is 2.67. The van der Waals surface area contributed by atoms with E-state index in [4.69, 9.17) is 0 Å². The van der Waals surface area contributed by atoms with Crippen LogP contribution in [0.2, 0.25) is 0 Å². The summed E-state index contributed by atoms with van der Waals surface area (Å²) in [4.78, 5) is 11.5. The van der Waals surface area contributed by atoms with Gasteiger partial charge in [0.2, 0.25) is 11.8 Å². The second-order valence-electron chi connectivity index (χ2n) is 4.21. The van der Waals surface area contributed by atoms with Crippen molar-refractivity contribution in [2.45, 2.75) is 31.6 Å². The Hall–Kier alpha value is -0.970. The van der Waals surface area contributed by atoms with Crippen molar-refractivity contribution in [1.82, 2.24) is 0 Å². The summed E-state index contributed by atoms with van der Waals surface area (Å²) in [5.74, 6) is -3.11. The minimum atomic E-state index is -2.76. The van der Waals surface area contributed by atoms with Crippen LogP contribution in [-0.2, 0) is 11.2 Å². The highest BCUT2D eigenvalue weighted by Crippen LogP contribution is 2.31. The molecule has 0 bridgehead atoms. The summed E-state index contributed by atoms with van der Waals surface area (Å²) in [5.41, 5.74) is 1.38. The molecule has 1 N–H and O–H groups in total. The van der Waals surface area contributed by atoms with Crippen LogP contribution in [0.3, 0.4) is 0 Å². The van der Waals surface area contributed by atoms with Crippen LogP contribution in [0.5, 0.6) is 0 Å². The van der Waals surface area contributed by atoms with Gasteiger partial charge < -0.3 is 5.32 Å². The first-order chi connectivity index (χ1) is 7.96. The molecule has 0 spiro atoms. The van der Waals surface area contributed by atoms with Crippen molar-refractivity contribution in [3.05, 3.63) is 28.2 Å². The first-order valence-corrected chi connectivity index (χ1v) is 6.22. The van der Waals surface area contributed by atoms with Crippen LogP contribution in [0.25, 0.3) is 0 Å². The average Bonchev–Trinajstić information content (AvgIpc) is 2.31. The third-order valence-electron chi connectivity index (χ3n) is 2.82. The zero-order valence-corrected chi connectivity index (χ0v) is 10.7. The Balaban J connectivity index is 2.33. The van der Waals surface area contributed by atoms with Crippen LogP contribution in [0.4, 0.5) is 14.5 Å². The van der Waals surface area contributed by atoms with E-state index in [1.807, 2.05) is 0 Å². The molecule has 1 aromatic carbocycles. The Morgan fingerprint density at radius 3 is 2.71 bits per heavy atom. The molecule has 0 saturated heterocycles. The number of halogens is 3. The van der Waals surface area contributed by atoms with Gasteiger partial charge in [0.15, 0.2) is 0 Å². The molecule has 0 saturated carbocycles. The summed E-state index contributed by atoms with van der Waals surface area (Å²) in [6.07, 6.45) is -0.468. The van der Waals surface area contributed by atoms with Gasteiger partial charge in [-0.2, -0.15) is 0 Å². The number of anilines is 1. The first kappa shape index (κ1) is 12.5. The van der Waals surface area contributed by atoms with Gasteiger partial charge >= 0.3 is 0 Å². The molecule has 5 heteroatoms. The summed E-state index contributed by atoms with van der Waals surface area (Å²) in [7, 11) is 0. The van der Waals surface area contributed by atoms with Crippen LogP contribution in [0, 0.1) is 0 Å². The van der Waals surface area contributed by atoms with E-state index in [-0.39, 0.29) is 31.6 Å². The molecule has 0 aromatic heterocycles. The number of aryl methyl sites for hydroxylation is 1. The Labute approximate surface area is 107 Å². The molecule has 1 aliphatic rings. The quantitative estimate of drug-likeness (QED) is 0.777. The lowest BCUT2D eigenvalue weighted by atomic mass is 10.0. The Morgan fingerprint density at radius 2 is 1.94 bits per heavy atom. The van der Waals surface area contributed by atoms with E-state index in [1.54, 1.807) is 18.2 Å². The van der Waals surface area contributed by atoms with Crippen molar-refractivity contribution in [2.75, 3.05) is 5.32 Å². The van der Waals surface area contributed by atoms with Crippen LogP contribution < -0.4 is 5.32 Å². The molecular formula is C12H12BrF2NO. The fourth-order valence-electron chi connectivity index (χ4n) is 1.84. The van der Waals surface area contributed by atoms with E-state index in [0.29, 0.717) is 5.69 Å². The summed E-state index contributed by atoms with van der Waals surface area (Å²) in [6, 6.07) is 5.30. The first-order valence-electron chi connectivity index (χ1n) is 5.42. The van der Waals surface area contributed by atoms with Crippen molar-refractivity contribution in [3.8, 4) is 0 Å². The van der Waals surface area contributed by atoms with Crippen LogP contribution >= 0.6 is 15.9 Å². The van der Waals surface area contributed by atoms with Crippen LogP contribution in [-0.4, -0.2) is 11.8 Å². The molecule has 1 heterocycles. The van der Waals surface area contributed by atoms with Gasteiger partial charge in [0.05, 0.1) is 0 Å². The summed E-state index contributed by atoms with van der Waals surface area (Å²) in [6.45, 7) is 0. The third kappa shape index (κ3) is 3.25.